The highest BCUT2D eigenvalue weighted by Gasteiger charge is 2.10. The number of para-hydroxylation sites is 2. The number of hydrogen-bond donors (Lipinski definition) is 1. The minimum Gasteiger partial charge on any atom is -0.455 e. The van der Waals surface area contributed by atoms with Crippen LogP contribution in [0, 0.1) is 0 Å². The lowest BCUT2D eigenvalue weighted by molar-refractivity contribution is 0.475. The molecule has 0 unspecified atom stereocenters. The van der Waals surface area contributed by atoms with Gasteiger partial charge < -0.3 is 10.5 Å². The Hall–Kier alpha value is -1.48. The summed E-state index contributed by atoms with van der Waals surface area (Å²) in [6.07, 6.45) is 0. The van der Waals surface area contributed by atoms with Gasteiger partial charge in [-0.1, -0.05) is 41.9 Å². The van der Waals surface area contributed by atoms with Crippen LogP contribution in [0.5, 0.6) is 11.5 Å². The van der Waals surface area contributed by atoms with Crippen molar-refractivity contribution in [1.82, 2.24) is 0 Å². The summed E-state index contributed by atoms with van der Waals surface area (Å²) >= 11 is 3.48. The predicted octanol–water partition coefficient (Wildman–Crippen LogP) is 4.95. The molecule has 0 aliphatic heterocycles. The molecule has 0 heterocycles. The van der Waals surface area contributed by atoms with Crippen molar-refractivity contribution in [3.05, 3.63) is 52.5 Å². The van der Waals surface area contributed by atoms with E-state index in [9.17, 15) is 0 Å². The Kier molecular flexibility index (Phi) is 3.92. The number of nitrogen functional groups attached to an aromatic ring is 1. The third kappa shape index (κ3) is 2.85. The number of anilines is 1. The van der Waals surface area contributed by atoms with Crippen molar-refractivity contribution >= 4 is 21.6 Å². The first-order valence-corrected chi connectivity index (χ1v) is 6.69. The summed E-state index contributed by atoms with van der Waals surface area (Å²) in [6, 6.07) is 13.5. The molecule has 0 aromatic heterocycles. The van der Waals surface area contributed by atoms with Gasteiger partial charge in [-0.25, -0.2) is 0 Å². The summed E-state index contributed by atoms with van der Waals surface area (Å²) in [5, 5.41) is 0. The maximum absolute atomic E-state index is 5.91. The Labute approximate surface area is 116 Å². The normalized spacial score (nSPS) is 10.7. The molecule has 0 fully saturated rings. The zero-order valence-corrected chi connectivity index (χ0v) is 12.1. The van der Waals surface area contributed by atoms with Crippen molar-refractivity contribution in [2.75, 3.05) is 5.73 Å². The first-order valence-electron chi connectivity index (χ1n) is 5.89. The van der Waals surface area contributed by atoms with Crippen molar-refractivity contribution in [3.8, 4) is 11.5 Å². The van der Waals surface area contributed by atoms with Crippen LogP contribution in [-0.4, -0.2) is 0 Å². The minimum absolute atomic E-state index is 0.391. The van der Waals surface area contributed by atoms with Crippen LogP contribution in [-0.2, 0) is 0 Å². The van der Waals surface area contributed by atoms with Gasteiger partial charge in [-0.05, 0) is 41.8 Å². The first-order chi connectivity index (χ1) is 8.58. The molecule has 0 bridgehead atoms. The van der Waals surface area contributed by atoms with Crippen LogP contribution < -0.4 is 10.5 Å². The number of halogens is 1. The molecule has 2 N–H and O–H groups in total. The molecule has 0 saturated heterocycles. The maximum atomic E-state index is 5.91. The second-order valence-electron chi connectivity index (χ2n) is 4.48. The van der Waals surface area contributed by atoms with Gasteiger partial charge >= 0.3 is 0 Å². The number of benzene rings is 2. The van der Waals surface area contributed by atoms with Crippen LogP contribution in [0.1, 0.15) is 25.3 Å². The molecule has 18 heavy (non-hydrogen) atoms. The van der Waals surface area contributed by atoms with E-state index in [-0.39, 0.29) is 0 Å². The lowest BCUT2D eigenvalue weighted by Crippen LogP contribution is -1.96. The second-order valence-corrected chi connectivity index (χ2v) is 5.39. The zero-order chi connectivity index (χ0) is 13.1. The Balaban J connectivity index is 2.37. The number of rotatable bonds is 3. The van der Waals surface area contributed by atoms with Gasteiger partial charge in [0.1, 0.15) is 11.5 Å². The Bertz CT molecular complexity index is 552. The zero-order valence-electron chi connectivity index (χ0n) is 10.5. The largest absolute Gasteiger partial charge is 0.455 e. The topological polar surface area (TPSA) is 35.2 Å². The van der Waals surface area contributed by atoms with Crippen molar-refractivity contribution in [2.24, 2.45) is 0 Å². The van der Waals surface area contributed by atoms with Crippen LogP contribution in [0.15, 0.2) is 46.9 Å². The highest BCUT2D eigenvalue weighted by molar-refractivity contribution is 9.10. The Morgan fingerprint density at radius 3 is 2.44 bits per heavy atom. The number of nitrogens with two attached hydrogens (primary N) is 1. The fraction of sp³-hybridized carbons (Fsp3) is 0.200. The van der Waals surface area contributed by atoms with E-state index in [0.717, 1.165) is 15.8 Å². The third-order valence-corrected chi connectivity index (χ3v) is 3.23. The molecule has 0 amide bonds. The van der Waals surface area contributed by atoms with E-state index in [1.165, 1.54) is 0 Å². The molecule has 0 saturated carbocycles. The van der Waals surface area contributed by atoms with Gasteiger partial charge in [-0.15, -0.1) is 0 Å². The molecule has 2 aromatic carbocycles. The smallest absolute Gasteiger partial charge is 0.150 e. The van der Waals surface area contributed by atoms with Crippen LogP contribution in [0.2, 0.25) is 0 Å². The summed E-state index contributed by atoms with van der Waals surface area (Å²) < 4.78 is 6.97. The SMILES string of the molecule is CC(C)c1cc(Br)ccc1Oc1ccccc1N. The fourth-order valence-electron chi connectivity index (χ4n) is 1.76. The number of ether oxygens (including phenoxy) is 1. The van der Waals surface area contributed by atoms with E-state index in [4.69, 9.17) is 10.5 Å². The minimum atomic E-state index is 0.391. The molecular formula is C15H16BrNO. The molecule has 0 spiro atoms. The third-order valence-electron chi connectivity index (χ3n) is 2.73. The quantitative estimate of drug-likeness (QED) is 0.815. The predicted molar refractivity (Wildman–Crippen MR) is 79.2 cm³/mol. The molecule has 2 nitrogen and oxygen atoms in total. The van der Waals surface area contributed by atoms with Gasteiger partial charge in [0.05, 0.1) is 5.69 Å². The summed E-state index contributed by atoms with van der Waals surface area (Å²) in [7, 11) is 0. The molecule has 0 aliphatic rings. The van der Waals surface area contributed by atoms with Gasteiger partial charge in [0, 0.05) is 4.47 Å². The lowest BCUT2D eigenvalue weighted by atomic mass is 10.0. The molecule has 2 aromatic rings. The monoisotopic (exact) mass is 305 g/mol. The van der Waals surface area contributed by atoms with Crippen molar-refractivity contribution in [2.45, 2.75) is 19.8 Å². The Morgan fingerprint density at radius 1 is 1.06 bits per heavy atom. The van der Waals surface area contributed by atoms with Gasteiger partial charge in [0.15, 0.2) is 0 Å². The van der Waals surface area contributed by atoms with E-state index >= 15 is 0 Å². The number of hydrogen-bond acceptors (Lipinski definition) is 2. The van der Waals surface area contributed by atoms with Gasteiger partial charge in [0.25, 0.3) is 0 Å². The Morgan fingerprint density at radius 2 is 1.78 bits per heavy atom. The summed E-state index contributed by atoms with van der Waals surface area (Å²) in [5.74, 6) is 1.94. The van der Waals surface area contributed by atoms with Crippen molar-refractivity contribution < 1.29 is 4.74 Å². The molecule has 94 valence electrons. The standard InChI is InChI=1S/C15H16BrNO/c1-10(2)12-9-11(16)7-8-14(12)18-15-6-4-3-5-13(15)17/h3-10H,17H2,1-2H3. The van der Waals surface area contributed by atoms with E-state index in [0.29, 0.717) is 17.4 Å². The van der Waals surface area contributed by atoms with Crippen LogP contribution in [0.4, 0.5) is 5.69 Å². The first kappa shape index (κ1) is 13.0. The van der Waals surface area contributed by atoms with E-state index in [1.807, 2.05) is 36.4 Å². The van der Waals surface area contributed by atoms with Crippen LogP contribution in [0.3, 0.4) is 0 Å². The summed E-state index contributed by atoms with van der Waals surface area (Å²) in [6.45, 7) is 4.28. The van der Waals surface area contributed by atoms with Crippen molar-refractivity contribution in [1.29, 1.82) is 0 Å². The molecule has 0 radical (unpaired) electrons. The molecule has 3 heteroatoms. The van der Waals surface area contributed by atoms with E-state index in [1.54, 1.807) is 0 Å². The fourth-order valence-corrected chi connectivity index (χ4v) is 2.13. The van der Waals surface area contributed by atoms with Crippen LogP contribution >= 0.6 is 15.9 Å². The second kappa shape index (κ2) is 5.44. The molecule has 0 aliphatic carbocycles. The van der Waals surface area contributed by atoms with Gasteiger partial charge in [0.2, 0.25) is 0 Å². The highest BCUT2D eigenvalue weighted by Crippen LogP contribution is 2.34. The lowest BCUT2D eigenvalue weighted by Gasteiger charge is -2.15. The average molecular weight is 306 g/mol. The van der Waals surface area contributed by atoms with E-state index < -0.39 is 0 Å². The average Bonchev–Trinajstić information content (AvgIpc) is 2.34. The van der Waals surface area contributed by atoms with E-state index in [2.05, 4.69) is 35.8 Å². The molecule has 0 atom stereocenters. The molecule has 2 rings (SSSR count). The van der Waals surface area contributed by atoms with Crippen molar-refractivity contribution in [3.63, 3.8) is 0 Å². The highest BCUT2D eigenvalue weighted by atomic mass is 79.9. The maximum Gasteiger partial charge on any atom is 0.150 e. The van der Waals surface area contributed by atoms with Gasteiger partial charge in [-0.2, -0.15) is 0 Å². The van der Waals surface area contributed by atoms with Crippen LogP contribution in [0.25, 0.3) is 0 Å². The summed E-state index contributed by atoms with van der Waals surface area (Å²) in [4.78, 5) is 0. The molecular weight excluding hydrogens is 290 g/mol. The summed E-state index contributed by atoms with van der Waals surface area (Å²) in [5.41, 5.74) is 7.70. The van der Waals surface area contributed by atoms with Gasteiger partial charge in [-0.3, -0.25) is 0 Å².